The van der Waals surface area contributed by atoms with Gasteiger partial charge in [-0.05, 0) is 12.8 Å². The van der Waals surface area contributed by atoms with Crippen molar-refractivity contribution in [3.8, 4) is 0 Å². The predicted octanol–water partition coefficient (Wildman–Crippen LogP) is 2.96. The van der Waals surface area contributed by atoms with E-state index in [1.165, 1.54) is 6.08 Å². The van der Waals surface area contributed by atoms with Crippen molar-refractivity contribution < 1.29 is 13.6 Å². The zero-order valence-corrected chi connectivity index (χ0v) is 7.56. The summed E-state index contributed by atoms with van der Waals surface area (Å²) < 4.78 is 26.5. The Hall–Kier alpha value is -0.730. The zero-order chi connectivity index (χ0) is 9.90. The maximum absolute atomic E-state index is 13.3. The molecule has 1 atom stereocenters. The summed E-state index contributed by atoms with van der Waals surface area (Å²) in [5.74, 6) is -4.21. The molecule has 1 unspecified atom stereocenters. The summed E-state index contributed by atoms with van der Waals surface area (Å²) in [6.07, 6.45) is 2.95. The lowest BCUT2D eigenvalue weighted by Gasteiger charge is -2.27. The van der Waals surface area contributed by atoms with Gasteiger partial charge >= 0.3 is 0 Å². The van der Waals surface area contributed by atoms with Crippen molar-refractivity contribution in [2.45, 2.75) is 38.0 Å². The molecule has 0 N–H and O–H groups in total. The van der Waals surface area contributed by atoms with E-state index in [0.717, 1.165) is 12.8 Å². The van der Waals surface area contributed by atoms with Gasteiger partial charge in [0.25, 0.3) is 5.92 Å². The first kappa shape index (κ1) is 10.4. The lowest BCUT2D eigenvalue weighted by Crippen LogP contribution is -2.36. The van der Waals surface area contributed by atoms with Crippen molar-refractivity contribution in [1.82, 2.24) is 0 Å². The maximum Gasteiger partial charge on any atom is 0.261 e. The molecular weight excluding hydrogens is 174 g/mol. The summed E-state index contributed by atoms with van der Waals surface area (Å²) in [6.45, 7) is 3.27. The quantitative estimate of drug-likeness (QED) is 0.622. The topological polar surface area (TPSA) is 17.1 Å². The van der Waals surface area contributed by atoms with Gasteiger partial charge < -0.3 is 0 Å². The highest BCUT2D eigenvalue weighted by atomic mass is 19.3. The number of carbonyl (C=O) groups is 1. The molecular formula is C10H14F2O. The van der Waals surface area contributed by atoms with Crippen LogP contribution in [0.5, 0.6) is 0 Å². The average molecular weight is 188 g/mol. The van der Waals surface area contributed by atoms with Crippen LogP contribution in [0.2, 0.25) is 0 Å². The van der Waals surface area contributed by atoms with E-state index in [-0.39, 0.29) is 12.2 Å². The number of Topliss-reactive ketones (excluding diaryl/α,β-unsaturated/α-hetero) is 1. The Labute approximate surface area is 76.8 Å². The van der Waals surface area contributed by atoms with E-state index in [1.54, 1.807) is 0 Å². The molecule has 0 aliphatic heterocycles. The minimum Gasteiger partial charge on any atom is -0.299 e. The summed E-state index contributed by atoms with van der Waals surface area (Å²) in [5, 5.41) is 0. The van der Waals surface area contributed by atoms with Crippen molar-refractivity contribution in [2.24, 2.45) is 5.92 Å². The van der Waals surface area contributed by atoms with Crippen LogP contribution in [0, 0.1) is 5.92 Å². The standard InChI is InChI=1S/C10H14F2O/c1-2-7-10(11,12)8-5-3-4-6-9(8)13/h2,8H,1,3-7H2. The molecule has 0 bridgehead atoms. The summed E-state index contributed by atoms with van der Waals surface area (Å²) in [4.78, 5) is 11.2. The molecule has 0 amide bonds. The third-order valence-electron chi connectivity index (χ3n) is 2.48. The lowest BCUT2D eigenvalue weighted by molar-refractivity contribution is -0.140. The molecule has 1 nitrogen and oxygen atoms in total. The maximum atomic E-state index is 13.3. The highest BCUT2D eigenvalue weighted by Gasteiger charge is 2.43. The number of carbonyl (C=O) groups excluding carboxylic acids is 1. The van der Waals surface area contributed by atoms with Gasteiger partial charge in [0.2, 0.25) is 0 Å². The number of hydrogen-bond acceptors (Lipinski definition) is 1. The van der Waals surface area contributed by atoms with Crippen LogP contribution in [-0.4, -0.2) is 11.7 Å². The van der Waals surface area contributed by atoms with Crippen molar-refractivity contribution in [3.05, 3.63) is 12.7 Å². The summed E-state index contributed by atoms with van der Waals surface area (Å²) in [7, 11) is 0. The number of alkyl halides is 2. The van der Waals surface area contributed by atoms with Gasteiger partial charge in [0, 0.05) is 12.8 Å². The van der Waals surface area contributed by atoms with Gasteiger partial charge in [-0.25, -0.2) is 8.78 Å². The van der Waals surface area contributed by atoms with E-state index in [4.69, 9.17) is 0 Å². The Morgan fingerprint density at radius 1 is 1.54 bits per heavy atom. The number of rotatable bonds is 3. The van der Waals surface area contributed by atoms with Crippen molar-refractivity contribution in [3.63, 3.8) is 0 Å². The predicted molar refractivity (Wildman–Crippen MR) is 46.7 cm³/mol. The first-order chi connectivity index (χ1) is 6.08. The van der Waals surface area contributed by atoms with Crippen LogP contribution in [0.1, 0.15) is 32.1 Å². The van der Waals surface area contributed by atoms with E-state index in [2.05, 4.69) is 6.58 Å². The SMILES string of the molecule is C=CCC(F)(F)C1CCCCC1=O. The second-order valence-electron chi connectivity index (χ2n) is 3.52. The van der Waals surface area contributed by atoms with E-state index in [0.29, 0.717) is 12.8 Å². The monoisotopic (exact) mass is 188 g/mol. The Bertz CT molecular complexity index is 211. The average Bonchev–Trinajstić information content (AvgIpc) is 2.04. The molecule has 0 aromatic rings. The van der Waals surface area contributed by atoms with Crippen molar-refractivity contribution in [2.75, 3.05) is 0 Å². The molecule has 0 heterocycles. The Morgan fingerprint density at radius 2 is 2.23 bits per heavy atom. The van der Waals surface area contributed by atoms with Crippen molar-refractivity contribution >= 4 is 5.78 Å². The van der Waals surface area contributed by atoms with Crippen LogP contribution in [0.15, 0.2) is 12.7 Å². The van der Waals surface area contributed by atoms with E-state index in [1.807, 2.05) is 0 Å². The van der Waals surface area contributed by atoms with Gasteiger partial charge in [-0.1, -0.05) is 12.5 Å². The minimum absolute atomic E-state index is 0.280. The zero-order valence-electron chi connectivity index (χ0n) is 7.56. The van der Waals surface area contributed by atoms with E-state index in [9.17, 15) is 13.6 Å². The fraction of sp³-hybridized carbons (Fsp3) is 0.700. The molecule has 0 aromatic carbocycles. The van der Waals surface area contributed by atoms with Crippen molar-refractivity contribution in [1.29, 1.82) is 0 Å². The Morgan fingerprint density at radius 3 is 2.77 bits per heavy atom. The smallest absolute Gasteiger partial charge is 0.261 e. The summed E-state index contributed by atoms with van der Waals surface area (Å²) in [6, 6.07) is 0. The molecule has 3 heteroatoms. The minimum atomic E-state index is -2.88. The summed E-state index contributed by atoms with van der Waals surface area (Å²) >= 11 is 0. The van der Waals surface area contributed by atoms with Crippen LogP contribution >= 0.6 is 0 Å². The lowest BCUT2D eigenvalue weighted by atomic mass is 9.82. The second-order valence-corrected chi connectivity index (χ2v) is 3.52. The molecule has 0 spiro atoms. The highest BCUT2D eigenvalue weighted by molar-refractivity contribution is 5.82. The Balaban J connectivity index is 2.66. The molecule has 1 fully saturated rings. The van der Waals surface area contributed by atoms with Crippen LogP contribution in [-0.2, 0) is 4.79 Å². The first-order valence-corrected chi connectivity index (χ1v) is 4.59. The number of allylic oxidation sites excluding steroid dienone is 1. The van der Waals surface area contributed by atoms with Gasteiger partial charge in [0.05, 0.1) is 5.92 Å². The molecule has 1 aliphatic carbocycles. The molecule has 0 aromatic heterocycles. The van der Waals surface area contributed by atoms with E-state index >= 15 is 0 Å². The molecule has 13 heavy (non-hydrogen) atoms. The van der Waals surface area contributed by atoms with Crippen LogP contribution in [0.25, 0.3) is 0 Å². The third kappa shape index (κ3) is 2.36. The number of halogens is 2. The van der Waals surface area contributed by atoms with Gasteiger partial charge in [-0.2, -0.15) is 0 Å². The van der Waals surface area contributed by atoms with Crippen LogP contribution in [0.4, 0.5) is 8.78 Å². The van der Waals surface area contributed by atoms with Gasteiger partial charge in [-0.3, -0.25) is 4.79 Å². The molecule has 1 saturated carbocycles. The fourth-order valence-electron chi connectivity index (χ4n) is 1.76. The van der Waals surface area contributed by atoms with Gasteiger partial charge in [0.1, 0.15) is 5.78 Å². The number of hydrogen-bond donors (Lipinski definition) is 0. The molecule has 0 radical (unpaired) electrons. The van der Waals surface area contributed by atoms with E-state index < -0.39 is 11.8 Å². The first-order valence-electron chi connectivity index (χ1n) is 4.59. The largest absolute Gasteiger partial charge is 0.299 e. The molecule has 1 aliphatic rings. The van der Waals surface area contributed by atoms with Gasteiger partial charge in [-0.15, -0.1) is 6.58 Å². The van der Waals surface area contributed by atoms with Gasteiger partial charge in [0.15, 0.2) is 0 Å². The number of ketones is 1. The third-order valence-corrected chi connectivity index (χ3v) is 2.48. The van der Waals surface area contributed by atoms with Crippen LogP contribution < -0.4 is 0 Å². The van der Waals surface area contributed by atoms with Crippen LogP contribution in [0.3, 0.4) is 0 Å². The molecule has 1 rings (SSSR count). The molecule has 74 valence electrons. The second kappa shape index (κ2) is 3.99. The Kier molecular flexibility index (Phi) is 3.17. The fourth-order valence-corrected chi connectivity index (χ4v) is 1.76. The summed E-state index contributed by atoms with van der Waals surface area (Å²) in [5.41, 5.74) is 0. The normalized spacial score (nSPS) is 24.5. The highest BCUT2D eigenvalue weighted by Crippen LogP contribution is 2.36. The molecule has 0 saturated heterocycles.